The fourth-order valence-electron chi connectivity index (χ4n) is 3.83. The van der Waals surface area contributed by atoms with Crippen molar-refractivity contribution in [2.24, 2.45) is 5.92 Å². The van der Waals surface area contributed by atoms with Gasteiger partial charge in [-0.3, -0.25) is 4.79 Å². The second-order valence-corrected chi connectivity index (χ2v) is 8.57. The maximum Gasteiger partial charge on any atom is 0.410 e. The molecule has 0 bridgehead atoms. The molecule has 0 radical (unpaired) electrons. The highest BCUT2D eigenvalue weighted by molar-refractivity contribution is 5.80. The lowest BCUT2D eigenvalue weighted by molar-refractivity contribution is -0.137. The Morgan fingerprint density at radius 3 is 2.36 bits per heavy atom. The van der Waals surface area contributed by atoms with E-state index in [9.17, 15) is 14.7 Å². The first-order chi connectivity index (χ1) is 13.2. The molecule has 2 heterocycles. The number of rotatable bonds is 2. The van der Waals surface area contributed by atoms with Crippen molar-refractivity contribution in [3.8, 4) is 5.75 Å². The number of hydrogen-bond acceptors (Lipinski definition) is 5. The number of phenols is 1. The molecule has 154 valence electrons. The van der Waals surface area contributed by atoms with E-state index in [2.05, 4.69) is 4.90 Å². The smallest absolute Gasteiger partial charge is 0.410 e. The van der Waals surface area contributed by atoms with Gasteiger partial charge in [0.05, 0.1) is 11.6 Å². The number of likely N-dealkylation sites (tertiary alicyclic amines) is 1. The number of anilines is 1. The van der Waals surface area contributed by atoms with Crippen molar-refractivity contribution in [1.29, 1.82) is 0 Å². The summed E-state index contributed by atoms with van der Waals surface area (Å²) in [7, 11) is 0. The number of nitrogens with zero attached hydrogens (tertiary/aromatic N) is 3. The summed E-state index contributed by atoms with van der Waals surface area (Å²) in [5, 5.41) is 10.0. The Labute approximate surface area is 166 Å². The van der Waals surface area contributed by atoms with Crippen LogP contribution in [0.5, 0.6) is 5.75 Å². The summed E-state index contributed by atoms with van der Waals surface area (Å²) < 4.78 is 5.46. The van der Waals surface area contributed by atoms with Crippen molar-refractivity contribution in [2.75, 3.05) is 44.2 Å². The number of carbonyl (C=O) groups excluding carboxylic acids is 2. The highest BCUT2D eigenvalue weighted by atomic mass is 16.6. The van der Waals surface area contributed by atoms with Crippen LogP contribution in [-0.4, -0.2) is 71.8 Å². The van der Waals surface area contributed by atoms with Crippen molar-refractivity contribution in [3.63, 3.8) is 0 Å². The van der Waals surface area contributed by atoms with Gasteiger partial charge in [0.15, 0.2) is 0 Å². The minimum atomic E-state index is -0.534. The van der Waals surface area contributed by atoms with E-state index in [1.54, 1.807) is 17.0 Å². The van der Waals surface area contributed by atoms with Crippen LogP contribution in [0.3, 0.4) is 0 Å². The van der Waals surface area contributed by atoms with Gasteiger partial charge in [0.2, 0.25) is 5.91 Å². The molecule has 1 atom stereocenters. The first-order valence-corrected chi connectivity index (χ1v) is 10.0. The minimum Gasteiger partial charge on any atom is -0.506 e. The van der Waals surface area contributed by atoms with Gasteiger partial charge >= 0.3 is 6.09 Å². The normalized spacial score (nSPS) is 20.8. The molecule has 1 aromatic carbocycles. The number of benzene rings is 1. The summed E-state index contributed by atoms with van der Waals surface area (Å²) in [5.41, 5.74) is 0.274. The molecule has 2 saturated heterocycles. The predicted molar refractivity (Wildman–Crippen MR) is 107 cm³/mol. The van der Waals surface area contributed by atoms with Gasteiger partial charge in [0.25, 0.3) is 0 Å². The molecule has 3 rings (SSSR count). The number of phenolic OH excluding ortho intramolecular Hbond substituents is 1. The zero-order valence-corrected chi connectivity index (χ0v) is 17.1. The van der Waals surface area contributed by atoms with Crippen LogP contribution in [0.2, 0.25) is 0 Å². The summed E-state index contributed by atoms with van der Waals surface area (Å²) in [6, 6.07) is 7.28. The third-order valence-corrected chi connectivity index (χ3v) is 5.24. The summed E-state index contributed by atoms with van der Waals surface area (Å²) in [4.78, 5) is 31.0. The van der Waals surface area contributed by atoms with E-state index < -0.39 is 5.60 Å². The number of para-hydroxylation sites is 2. The molecule has 7 nitrogen and oxygen atoms in total. The first kappa shape index (κ1) is 20.3. The second kappa shape index (κ2) is 8.29. The van der Waals surface area contributed by atoms with Gasteiger partial charge in [0.1, 0.15) is 11.4 Å². The zero-order valence-electron chi connectivity index (χ0n) is 17.1. The van der Waals surface area contributed by atoms with E-state index in [0.717, 1.165) is 18.5 Å². The van der Waals surface area contributed by atoms with E-state index in [1.165, 1.54) is 0 Å². The summed E-state index contributed by atoms with van der Waals surface area (Å²) in [5.74, 6) is 0.214. The summed E-state index contributed by atoms with van der Waals surface area (Å²) >= 11 is 0. The van der Waals surface area contributed by atoms with Crippen molar-refractivity contribution < 1.29 is 19.4 Å². The monoisotopic (exact) mass is 389 g/mol. The average molecular weight is 389 g/mol. The van der Waals surface area contributed by atoms with Gasteiger partial charge < -0.3 is 24.5 Å². The van der Waals surface area contributed by atoms with Crippen LogP contribution in [0.25, 0.3) is 0 Å². The number of amides is 2. The Morgan fingerprint density at radius 1 is 1.04 bits per heavy atom. The van der Waals surface area contributed by atoms with Crippen molar-refractivity contribution in [2.45, 2.75) is 39.2 Å². The van der Waals surface area contributed by atoms with Crippen LogP contribution in [0.15, 0.2) is 24.3 Å². The molecule has 0 saturated carbocycles. The largest absolute Gasteiger partial charge is 0.506 e. The molecule has 2 aliphatic heterocycles. The van der Waals surface area contributed by atoms with Crippen LogP contribution in [0, 0.1) is 5.92 Å². The summed E-state index contributed by atoms with van der Waals surface area (Å²) in [6.07, 6.45) is 1.28. The molecule has 0 unspecified atom stereocenters. The van der Waals surface area contributed by atoms with Gasteiger partial charge in [-0.25, -0.2) is 4.79 Å². The van der Waals surface area contributed by atoms with Gasteiger partial charge in [-0.05, 0) is 45.7 Å². The highest BCUT2D eigenvalue weighted by Gasteiger charge is 2.34. The molecule has 7 heteroatoms. The van der Waals surface area contributed by atoms with Crippen molar-refractivity contribution in [1.82, 2.24) is 9.80 Å². The van der Waals surface area contributed by atoms with E-state index >= 15 is 0 Å². The van der Waals surface area contributed by atoms with Gasteiger partial charge in [0, 0.05) is 39.3 Å². The third-order valence-electron chi connectivity index (χ3n) is 5.24. The lowest BCUT2D eigenvalue weighted by Crippen LogP contribution is -2.53. The number of hydrogen-bond donors (Lipinski definition) is 1. The Hall–Kier alpha value is -2.44. The van der Waals surface area contributed by atoms with Gasteiger partial charge in [-0.2, -0.15) is 0 Å². The van der Waals surface area contributed by atoms with Crippen LogP contribution < -0.4 is 4.90 Å². The topological polar surface area (TPSA) is 73.3 Å². The zero-order chi connectivity index (χ0) is 20.3. The highest BCUT2D eigenvalue weighted by Crippen LogP contribution is 2.28. The number of carbonyl (C=O) groups is 2. The Bertz CT molecular complexity index is 708. The second-order valence-electron chi connectivity index (χ2n) is 8.57. The number of aromatic hydroxyl groups is 1. The van der Waals surface area contributed by atoms with E-state index in [-0.39, 0.29) is 23.7 Å². The van der Waals surface area contributed by atoms with Crippen molar-refractivity contribution in [3.05, 3.63) is 24.3 Å². The molecule has 0 aliphatic carbocycles. The molecule has 0 aromatic heterocycles. The Morgan fingerprint density at radius 2 is 1.71 bits per heavy atom. The SMILES string of the molecule is CC(C)(C)OC(=O)N1CCC[C@H](C(=O)N2CCN(c3ccccc3O)CC2)C1. The first-order valence-electron chi connectivity index (χ1n) is 10.0. The lowest BCUT2D eigenvalue weighted by Gasteiger charge is -2.40. The fourth-order valence-corrected chi connectivity index (χ4v) is 3.83. The molecule has 1 N–H and O–H groups in total. The van der Waals surface area contributed by atoms with Crippen molar-refractivity contribution >= 4 is 17.7 Å². The third kappa shape index (κ3) is 4.88. The van der Waals surface area contributed by atoms with Gasteiger partial charge in [-0.1, -0.05) is 12.1 Å². The number of piperazine rings is 1. The summed E-state index contributed by atoms with van der Waals surface area (Å²) in [6.45, 7) is 9.22. The molecule has 2 amide bonds. The van der Waals surface area contributed by atoms with Crippen LogP contribution in [0.1, 0.15) is 33.6 Å². The molecule has 0 spiro atoms. The molecule has 28 heavy (non-hydrogen) atoms. The standard InChI is InChI=1S/C21H31N3O4/c1-21(2,3)28-20(27)24-10-6-7-16(15-24)19(26)23-13-11-22(12-14-23)17-8-4-5-9-18(17)25/h4-5,8-9,16,25H,6-7,10-15H2,1-3H3/t16-/m0/s1. The Kier molecular flexibility index (Phi) is 6.01. The number of ether oxygens (including phenoxy) is 1. The molecule has 2 aliphatic rings. The Balaban J connectivity index is 1.55. The number of piperidine rings is 1. The lowest BCUT2D eigenvalue weighted by atomic mass is 9.96. The van der Waals surface area contributed by atoms with E-state index in [0.29, 0.717) is 39.3 Å². The fraction of sp³-hybridized carbons (Fsp3) is 0.619. The van der Waals surface area contributed by atoms with E-state index in [1.807, 2.05) is 37.8 Å². The van der Waals surface area contributed by atoms with Gasteiger partial charge in [-0.15, -0.1) is 0 Å². The molecule has 2 fully saturated rings. The maximum atomic E-state index is 13.0. The van der Waals surface area contributed by atoms with Crippen LogP contribution >= 0.6 is 0 Å². The van der Waals surface area contributed by atoms with E-state index in [4.69, 9.17) is 4.74 Å². The van der Waals surface area contributed by atoms with Crippen LogP contribution in [0.4, 0.5) is 10.5 Å². The molecular weight excluding hydrogens is 358 g/mol. The molecule has 1 aromatic rings. The maximum absolute atomic E-state index is 13.0. The molecular formula is C21H31N3O4. The quantitative estimate of drug-likeness (QED) is 0.842. The van der Waals surface area contributed by atoms with Crippen LogP contribution in [-0.2, 0) is 9.53 Å². The minimum absolute atomic E-state index is 0.116. The predicted octanol–water partition coefficient (Wildman–Crippen LogP) is 2.69. The average Bonchev–Trinajstić information content (AvgIpc) is 2.67.